The van der Waals surface area contributed by atoms with Gasteiger partial charge in [-0.2, -0.15) is 0 Å². The minimum Gasteiger partial charge on any atom is -0.462 e. The number of esters is 1. The van der Waals surface area contributed by atoms with Crippen molar-refractivity contribution in [3.8, 4) is 0 Å². The van der Waals surface area contributed by atoms with E-state index >= 15 is 0 Å². The molecule has 2 nitrogen and oxygen atoms in total. The largest absolute Gasteiger partial charge is 0.462 e. The summed E-state index contributed by atoms with van der Waals surface area (Å²) in [6.07, 6.45) is 3.66. The van der Waals surface area contributed by atoms with Gasteiger partial charge in [0.2, 0.25) is 0 Å². The van der Waals surface area contributed by atoms with Crippen LogP contribution >= 0.6 is 0 Å². The van der Waals surface area contributed by atoms with Gasteiger partial charge in [0.15, 0.2) is 0 Å². The Balaban J connectivity index is 3.09. The van der Waals surface area contributed by atoms with E-state index in [-0.39, 0.29) is 5.97 Å². The Morgan fingerprint density at radius 3 is 2.78 bits per heavy atom. The molecule has 0 aromatic rings. The summed E-state index contributed by atoms with van der Waals surface area (Å²) in [4.78, 5) is 10.1. The SMILES string of the molecule is CC(=O)OCC=CC[Si]. The third-order valence-electron chi connectivity index (χ3n) is 0.667. The van der Waals surface area contributed by atoms with Crippen LogP contribution in [0.1, 0.15) is 6.92 Å². The van der Waals surface area contributed by atoms with Crippen LogP contribution in [0.5, 0.6) is 0 Å². The van der Waals surface area contributed by atoms with Crippen molar-refractivity contribution in [2.24, 2.45) is 0 Å². The molecule has 0 fully saturated rings. The molecule has 0 unspecified atom stereocenters. The van der Waals surface area contributed by atoms with E-state index in [1.165, 1.54) is 6.92 Å². The maximum Gasteiger partial charge on any atom is 0.302 e. The van der Waals surface area contributed by atoms with Gasteiger partial charge in [0.25, 0.3) is 0 Å². The third-order valence-corrected chi connectivity index (χ3v) is 0.903. The lowest BCUT2D eigenvalue weighted by atomic mass is 10.5. The second-order valence-corrected chi connectivity index (χ2v) is 1.89. The van der Waals surface area contributed by atoms with Crippen LogP contribution in [0, 0.1) is 0 Å². The summed E-state index contributed by atoms with van der Waals surface area (Å²) in [6, 6.07) is 0.793. The van der Waals surface area contributed by atoms with Crippen LogP contribution in [0.25, 0.3) is 0 Å². The molecule has 0 heterocycles. The number of ether oxygens (including phenoxy) is 1. The van der Waals surface area contributed by atoms with Crippen LogP contribution < -0.4 is 0 Å². The van der Waals surface area contributed by atoms with Gasteiger partial charge in [-0.05, 0) is 6.04 Å². The molecule has 3 heteroatoms. The fourth-order valence-electron chi connectivity index (χ4n) is 0.317. The first-order valence-electron chi connectivity index (χ1n) is 2.70. The Morgan fingerprint density at radius 2 is 2.33 bits per heavy atom. The van der Waals surface area contributed by atoms with Gasteiger partial charge in [0.1, 0.15) is 6.61 Å². The number of rotatable bonds is 3. The molecule has 0 atom stereocenters. The monoisotopic (exact) mass is 141 g/mol. The Bertz CT molecular complexity index is 110. The van der Waals surface area contributed by atoms with Crippen LogP contribution in [-0.4, -0.2) is 22.8 Å². The molecule has 0 spiro atoms. The molecule has 0 bridgehead atoms. The first-order chi connectivity index (χ1) is 4.27. The van der Waals surface area contributed by atoms with Crippen molar-refractivity contribution in [3.63, 3.8) is 0 Å². The smallest absolute Gasteiger partial charge is 0.302 e. The van der Waals surface area contributed by atoms with Crippen LogP contribution in [0.3, 0.4) is 0 Å². The molecule has 0 amide bonds. The molecule has 0 aliphatic rings. The average Bonchev–Trinajstić information content (AvgIpc) is 1.80. The van der Waals surface area contributed by atoms with E-state index in [9.17, 15) is 4.79 Å². The van der Waals surface area contributed by atoms with Crippen LogP contribution in [0.15, 0.2) is 12.2 Å². The van der Waals surface area contributed by atoms with Crippen LogP contribution in [0.2, 0.25) is 6.04 Å². The highest BCUT2D eigenvalue weighted by Crippen LogP contribution is 1.80. The molecule has 0 N–H and O–H groups in total. The first kappa shape index (κ1) is 8.43. The highest BCUT2D eigenvalue weighted by molar-refractivity contribution is 6.09. The van der Waals surface area contributed by atoms with E-state index in [0.29, 0.717) is 6.61 Å². The molecule has 9 heavy (non-hydrogen) atoms. The van der Waals surface area contributed by atoms with Gasteiger partial charge in [-0.25, -0.2) is 0 Å². The van der Waals surface area contributed by atoms with E-state index < -0.39 is 0 Å². The molecular formula is C6H9O2Si. The van der Waals surface area contributed by atoms with Gasteiger partial charge in [0.05, 0.1) is 0 Å². The summed E-state index contributed by atoms with van der Waals surface area (Å²) in [6.45, 7) is 1.77. The molecule has 0 aromatic carbocycles. The normalized spacial score (nSPS) is 10.0. The van der Waals surface area contributed by atoms with E-state index in [4.69, 9.17) is 0 Å². The van der Waals surface area contributed by atoms with Crippen molar-refractivity contribution in [1.82, 2.24) is 0 Å². The quantitative estimate of drug-likeness (QED) is 0.328. The maximum absolute atomic E-state index is 10.1. The highest BCUT2D eigenvalue weighted by atomic mass is 28.1. The summed E-state index contributed by atoms with van der Waals surface area (Å²) in [5.41, 5.74) is 0. The maximum atomic E-state index is 10.1. The summed E-state index contributed by atoms with van der Waals surface area (Å²) >= 11 is 0. The van der Waals surface area contributed by atoms with Crippen LogP contribution in [-0.2, 0) is 9.53 Å². The molecule has 49 valence electrons. The Labute approximate surface area is 58.3 Å². The lowest BCUT2D eigenvalue weighted by molar-refractivity contribution is -0.139. The van der Waals surface area contributed by atoms with E-state index in [2.05, 4.69) is 15.0 Å². The molecule has 0 rings (SSSR count). The van der Waals surface area contributed by atoms with Crippen molar-refractivity contribution >= 4 is 16.2 Å². The molecule has 0 aromatic heterocycles. The third kappa shape index (κ3) is 7.43. The lowest BCUT2D eigenvalue weighted by Gasteiger charge is -1.92. The number of allylic oxidation sites excluding steroid dienone is 1. The Morgan fingerprint density at radius 1 is 1.67 bits per heavy atom. The van der Waals surface area contributed by atoms with Gasteiger partial charge in [-0.15, -0.1) is 0 Å². The van der Waals surface area contributed by atoms with Crippen molar-refractivity contribution in [3.05, 3.63) is 12.2 Å². The highest BCUT2D eigenvalue weighted by Gasteiger charge is 1.84. The van der Waals surface area contributed by atoms with E-state index in [1.807, 2.05) is 6.08 Å². The number of carbonyl (C=O) groups is 1. The fourth-order valence-corrected chi connectivity index (χ4v) is 0.484. The van der Waals surface area contributed by atoms with Crippen molar-refractivity contribution in [2.75, 3.05) is 6.61 Å². The number of hydrogen-bond donors (Lipinski definition) is 0. The number of carbonyl (C=O) groups excluding carboxylic acids is 1. The summed E-state index contributed by atoms with van der Waals surface area (Å²) in [5, 5.41) is 0. The average molecular weight is 141 g/mol. The molecule has 0 saturated carbocycles. The van der Waals surface area contributed by atoms with Gasteiger partial charge >= 0.3 is 5.97 Å². The van der Waals surface area contributed by atoms with E-state index in [0.717, 1.165) is 6.04 Å². The van der Waals surface area contributed by atoms with Gasteiger partial charge in [-0.3, -0.25) is 4.79 Å². The van der Waals surface area contributed by atoms with Gasteiger partial charge in [0, 0.05) is 17.2 Å². The number of hydrogen-bond acceptors (Lipinski definition) is 2. The molecule has 0 aliphatic heterocycles. The summed E-state index contributed by atoms with van der Waals surface area (Å²) in [7, 11) is 3.23. The van der Waals surface area contributed by atoms with Crippen molar-refractivity contribution < 1.29 is 9.53 Å². The zero-order valence-corrected chi connectivity index (χ0v) is 6.39. The lowest BCUT2D eigenvalue weighted by Crippen LogP contribution is -1.97. The van der Waals surface area contributed by atoms with Gasteiger partial charge in [-0.1, -0.05) is 12.2 Å². The molecule has 3 radical (unpaired) electrons. The Hall–Kier alpha value is -0.573. The predicted molar refractivity (Wildman–Crippen MR) is 36.3 cm³/mol. The fraction of sp³-hybridized carbons (Fsp3) is 0.500. The minimum atomic E-state index is -0.242. The van der Waals surface area contributed by atoms with Gasteiger partial charge < -0.3 is 4.74 Å². The summed E-state index contributed by atoms with van der Waals surface area (Å²) in [5.74, 6) is -0.242. The van der Waals surface area contributed by atoms with Crippen molar-refractivity contribution in [2.45, 2.75) is 13.0 Å². The zero-order chi connectivity index (χ0) is 7.11. The van der Waals surface area contributed by atoms with Crippen molar-refractivity contribution in [1.29, 1.82) is 0 Å². The predicted octanol–water partition coefficient (Wildman–Crippen LogP) is 0.693. The van der Waals surface area contributed by atoms with Crippen LogP contribution in [0.4, 0.5) is 0 Å². The Kier molecular flexibility index (Phi) is 5.21. The van der Waals surface area contributed by atoms with E-state index in [1.54, 1.807) is 6.08 Å². The second-order valence-electron chi connectivity index (χ2n) is 1.48. The topological polar surface area (TPSA) is 26.3 Å². The minimum absolute atomic E-state index is 0.242. The summed E-state index contributed by atoms with van der Waals surface area (Å²) < 4.78 is 4.60. The molecule has 0 aliphatic carbocycles. The standard InChI is InChI=1S/C6H9O2Si/c1-6(7)8-4-2-3-5-9/h2-3H,4-5H2,1H3. The zero-order valence-electron chi connectivity index (χ0n) is 5.39. The molecule has 0 saturated heterocycles. The first-order valence-corrected chi connectivity index (χ1v) is 3.41. The molecular weight excluding hydrogens is 132 g/mol. The second kappa shape index (κ2) is 5.56.